The van der Waals surface area contributed by atoms with Gasteiger partial charge in [-0.25, -0.2) is 21.6 Å². The first-order valence-corrected chi connectivity index (χ1v) is 11.9. The summed E-state index contributed by atoms with van der Waals surface area (Å²) in [6.45, 7) is 2.80. The second-order valence-electron chi connectivity index (χ2n) is 6.68. The van der Waals surface area contributed by atoms with Crippen molar-refractivity contribution in [3.05, 3.63) is 60.2 Å². The van der Waals surface area contributed by atoms with Crippen LogP contribution in [0.1, 0.15) is 25.3 Å². The quantitative estimate of drug-likeness (QED) is 0.691. The van der Waals surface area contributed by atoms with Crippen molar-refractivity contribution in [2.75, 3.05) is 13.1 Å². The fraction of sp³-hybridized carbons (Fsp3) is 0.368. The standard InChI is InChI=1S/C19H24N2O4S2/c1-2-21(15-17-6-4-3-5-7-17)27(24,25)19-12-10-18(11-13-19)26(22,23)20-14-16-8-9-16/h3-7,10-13,16,20H,2,8-9,14-15H2,1H3. The Labute approximate surface area is 161 Å². The van der Waals surface area contributed by atoms with Crippen LogP contribution in [-0.4, -0.2) is 34.2 Å². The van der Waals surface area contributed by atoms with Gasteiger partial charge in [0.15, 0.2) is 0 Å². The minimum Gasteiger partial charge on any atom is -0.211 e. The Hall–Kier alpha value is -1.74. The molecule has 1 N–H and O–H groups in total. The molecule has 0 aliphatic heterocycles. The van der Waals surface area contributed by atoms with Crippen LogP contribution >= 0.6 is 0 Å². The Balaban J connectivity index is 1.77. The van der Waals surface area contributed by atoms with Crippen molar-refractivity contribution >= 4 is 20.0 Å². The summed E-state index contributed by atoms with van der Waals surface area (Å²) in [5.41, 5.74) is 0.895. The lowest BCUT2D eigenvalue weighted by molar-refractivity contribution is 0.423. The monoisotopic (exact) mass is 408 g/mol. The molecule has 2 aromatic rings. The van der Waals surface area contributed by atoms with E-state index in [4.69, 9.17) is 0 Å². The third kappa shape index (κ3) is 4.95. The van der Waals surface area contributed by atoms with Crippen LogP contribution in [0.4, 0.5) is 0 Å². The Morgan fingerprint density at radius 2 is 1.52 bits per heavy atom. The maximum Gasteiger partial charge on any atom is 0.243 e. The predicted molar refractivity (Wildman–Crippen MR) is 104 cm³/mol. The molecule has 27 heavy (non-hydrogen) atoms. The van der Waals surface area contributed by atoms with Gasteiger partial charge in [-0.1, -0.05) is 37.3 Å². The van der Waals surface area contributed by atoms with E-state index < -0.39 is 20.0 Å². The Kier molecular flexibility index (Phi) is 6.00. The van der Waals surface area contributed by atoms with E-state index in [-0.39, 0.29) is 16.3 Å². The number of nitrogens with one attached hydrogen (secondary N) is 1. The number of hydrogen-bond acceptors (Lipinski definition) is 4. The molecule has 1 saturated carbocycles. The largest absolute Gasteiger partial charge is 0.243 e. The van der Waals surface area contributed by atoms with Crippen LogP contribution in [0.15, 0.2) is 64.4 Å². The van der Waals surface area contributed by atoms with Gasteiger partial charge in [0.05, 0.1) is 9.79 Å². The highest BCUT2D eigenvalue weighted by Gasteiger charge is 2.26. The lowest BCUT2D eigenvalue weighted by Gasteiger charge is -2.20. The first-order chi connectivity index (χ1) is 12.8. The SMILES string of the molecule is CCN(Cc1ccccc1)S(=O)(=O)c1ccc(S(=O)(=O)NCC2CC2)cc1. The van der Waals surface area contributed by atoms with Gasteiger partial charge in [0, 0.05) is 19.6 Å². The third-order valence-corrected chi connectivity index (χ3v) is 7.96. The molecule has 3 rings (SSSR count). The number of sulfonamides is 2. The Morgan fingerprint density at radius 1 is 0.926 bits per heavy atom. The second kappa shape index (κ2) is 8.10. The van der Waals surface area contributed by atoms with Crippen LogP contribution in [0.3, 0.4) is 0 Å². The predicted octanol–water partition coefficient (Wildman–Crippen LogP) is 2.59. The Morgan fingerprint density at radius 3 is 2.07 bits per heavy atom. The smallest absolute Gasteiger partial charge is 0.211 e. The zero-order valence-corrected chi connectivity index (χ0v) is 16.8. The summed E-state index contributed by atoms with van der Waals surface area (Å²) in [7, 11) is -7.32. The first kappa shape index (κ1) is 20.0. The van der Waals surface area contributed by atoms with Crippen molar-refractivity contribution in [3.8, 4) is 0 Å². The highest BCUT2D eigenvalue weighted by atomic mass is 32.2. The number of nitrogens with zero attached hydrogens (tertiary/aromatic N) is 1. The molecule has 1 fully saturated rings. The third-order valence-electron chi connectivity index (χ3n) is 4.59. The van der Waals surface area contributed by atoms with E-state index in [0.29, 0.717) is 19.0 Å². The Bertz CT molecular complexity index is 968. The molecule has 0 heterocycles. The average Bonchev–Trinajstić information content (AvgIpc) is 3.50. The van der Waals surface area contributed by atoms with Crippen molar-refractivity contribution in [2.45, 2.75) is 36.1 Å². The number of hydrogen-bond donors (Lipinski definition) is 1. The van der Waals surface area contributed by atoms with Gasteiger partial charge in [0.2, 0.25) is 20.0 Å². The fourth-order valence-corrected chi connectivity index (χ4v) is 5.28. The molecule has 0 saturated heterocycles. The van der Waals surface area contributed by atoms with Gasteiger partial charge >= 0.3 is 0 Å². The molecular formula is C19H24N2O4S2. The van der Waals surface area contributed by atoms with E-state index in [2.05, 4.69) is 4.72 Å². The topological polar surface area (TPSA) is 83.6 Å². The second-order valence-corrected chi connectivity index (χ2v) is 10.4. The van der Waals surface area contributed by atoms with Gasteiger partial charge in [-0.15, -0.1) is 0 Å². The normalized spacial score (nSPS) is 15.2. The molecular weight excluding hydrogens is 384 g/mol. The summed E-state index contributed by atoms with van der Waals surface area (Å²) < 4.78 is 54.3. The maximum absolute atomic E-state index is 12.9. The molecule has 6 nitrogen and oxygen atoms in total. The summed E-state index contributed by atoms with van der Waals surface area (Å²) in [4.78, 5) is 0.162. The molecule has 2 aromatic carbocycles. The number of benzene rings is 2. The van der Waals surface area contributed by atoms with E-state index in [0.717, 1.165) is 18.4 Å². The zero-order chi connectivity index (χ0) is 19.5. The van der Waals surface area contributed by atoms with E-state index in [9.17, 15) is 16.8 Å². The lowest BCUT2D eigenvalue weighted by Crippen LogP contribution is -2.30. The lowest BCUT2D eigenvalue weighted by atomic mass is 10.2. The van der Waals surface area contributed by atoms with Gasteiger partial charge in [-0.2, -0.15) is 4.31 Å². The van der Waals surface area contributed by atoms with Crippen LogP contribution < -0.4 is 4.72 Å². The molecule has 0 bridgehead atoms. The molecule has 0 spiro atoms. The van der Waals surface area contributed by atoms with Gasteiger partial charge in [-0.05, 0) is 48.6 Å². The zero-order valence-electron chi connectivity index (χ0n) is 15.2. The van der Waals surface area contributed by atoms with E-state index in [1.54, 1.807) is 6.92 Å². The molecule has 0 unspecified atom stereocenters. The van der Waals surface area contributed by atoms with Crippen molar-refractivity contribution in [1.29, 1.82) is 0 Å². The van der Waals surface area contributed by atoms with E-state index >= 15 is 0 Å². The molecule has 0 atom stereocenters. The van der Waals surface area contributed by atoms with Gasteiger partial charge in [0.25, 0.3) is 0 Å². The molecule has 8 heteroatoms. The van der Waals surface area contributed by atoms with Crippen molar-refractivity contribution in [2.24, 2.45) is 5.92 Å². The summed E-state index contributed by atoms with van der Waals surface area (Å²) >= 11 is 0. The highest BCUT2D eigenvalue weighted by Crippen LogP contribution is 2.28. The molecule has 0 radical (unpaired) electrons. The van der Waals surface area contributed by atoms with Gasteiger partial charge in [0.1, 0.15) is 0 Å². The van der Waals surface area contributed by atoms with Crippen LogP contribution in [0, 0.1) is 5.92 Å². The fourth-order valence-electron chi connectivity index (χ4n) is 2.73. The van der Waals surface area contributed by atoms with Gasteiger partial charge in [-0.3, -0.25) is 0 Å². The molecule has 1 aliphatic carbocycles. The highest BCUT2D eigenvalue weighted by molar-refractivity contribution is 7.89. The maximum atomic E-state index is 12.9. The minimum absolute atomic E-state index is 0.0770. The van der Waals surface area contributed by atoms with Crippen molar-refractivity contribution < 1.29 is 16.8 Å². The number of rotatable bonds is 9. The van der Waals surface area contributed by atoms with Crippen LogP contribution in [-0.2, 0) is 26.6 Å². The van der Waals surface area contributed by atoms with E-state index in [1.807, 2.05) is 30.3 Å². The molecule has 0 amide bonds. The van der Waals surface area contributed by atoms with Crippen LogP contribution in [0.25, 0.3) is 0 Å². The molecule has 146 valence electrons. The van der Waals surface area contributed by atoms with Crippen molar-refractivity contribution in [3.63, 3.8) is 0 Å². The van der Waals surface area contributed by atoms with Crippen LogP contribution in [0.5, 0.6) is 0 Å². The van der Waals surface area contributed by atoms with E-state index in [1.165, 1.54) is 28.6 Å². The van der Waals surface area contributed by atoms with Crippen LogP contribution in [0.2, 0.25) is 0 Å². The molecule has 1 aliphatic rings. The summed E-state index contributed by atoms with van der Waals surface area (Å²) in [5, 5.41) is 0. The minimum atomic E-state index is -3.71. The summed E-state index contributed by atoms with van der Waals surface area (Å²) in [6.07, 6.45) is 2.10. The van der Waals surface area contributed by atoms with Crippen molar-refractivity contribution in [1.82, 2.24) is 9.03 Å². The van der Waals surface area contributed by atoms with Gasteiger partial charge < -0.3 is 0 Å². The average molecular weight is 409 g/mol. The first-order valence-electron chi connectivity index (χ1n) is 8.97. The molecule has 0 aromatic heterocycles. The summed E-state index contributed by atoms with van der Waals surface area (Å²) in [6, 6.07) is 14.8. The summed E-state index contributed by atoms with van der Waals surface area (Å²) in [5.74, 6) is 0.426.